The summed E-state index contributed by atoms with van der Waals surface area (Å²) in [7, 11) is 4.19. The fraction of sp³-hybridized carbons (Fsp3) is 1.00. The summed E-state index contributed by atoms with van der Waals surface area (Å²) in [5.74, 6) is 5.07. The molecule has 0 aromatic heterocycles. The number of hydrogen-bond acceptors (Lipinski definition) is 2. The highest BCUT2D eigenvalue weighted by Crippen LogP contribution is 2.43. The Morgan fingerprint density at radius 3 is 1.80 bits per heavy atom. The largest absolute Gasteiger partial charge is 0.0938 e. The molecule has 2 aliphatic rings. The molecule has 1 saturated heterocycles. The van der Waals surface area contributed by atoms with E-state index in [1.54, 1.807) is 0 Å². The third-order valence-electron chi connectivity index (χ3n) is 2.71. The Morgan fingerprint density at radius 2 is 1.30 bits per heavy atom. The fourth-order valence-electron chi connectivity index (χ4n) is 1.99. The van der Waals surface area contributed by atoms with E-state index >= 15 is 0 Å². The summed E-state index contributed by atoms with van der Waals surface area (Å²) in [6.07, 6.45) is 6.06. The van der Waals surface area contributed by atoms with Crippen LogP contribution in [0, 0.1) is 11.8 Å². The van der Waals surface area contributed by atoms with E-state index in [0.717, 1.165) is 11.8 Å². The average Bonchev–Trinajstić information content (AvgIpc) is 2.05. The van der Waals surface area contributed by atoms with Gasteiger partial charge < -0.3 is 0 Å². The van der Waals surface area contributed by atoms with Gasteiger partial charge in [0.15, 0.2) is 0 Å². The summed E-state index contributed by atoms with van der Waals surface area (Å²) < 4.78 is 0. The maximum absolute atomic E-state index is 2.10. The third kappa shape index (κ3) is 1.48. The number of hydrogen-bond donors (Lipinski definition) is 0. The second-order valence-corrected chi connectivity index (χ2v) is 5.93. The van der Waals surface area contributed by atoms with Gasteiger partial charge in [-0.1, -0.05) is 34.4 Å². The highest BCUT2D eigenvalue weighted by molar-refractivity contribution is 8.76. The molecule has 1 heterocycles. The van der Waals surface area contributed by atoms with Gasteiger partial charge in [0.1, 0.15) is 0 Å². The van der Waals surface area contributed by atoms with Crippen molar-refractivity contribution in [2.45, 2.75) is 25.7 Å². The van der Waals surface area contributed by atoms with Crippen LogP contribution < -0.4 is 0 Å². The monoisotopic (exact) mass is 174 g/mol. The Morgan fingerprint density at radius 1 is 0.800 bits per heavy atom. The van der Waals surface area contributed by atoms with Gasteiger partial charge in [0, 0.05) is 11.5 Å². The topological polar surface area (TPSA) is 0 Å². The Labute approximate surface area is 70.9 Å². The van der Waals surface area contributed by atoms with Gasteiger partial charge in [-0.3, -0.25) is 0 Å². The normalized spacial score (nSPS) is 40.8. The smallest absolute Gasteiger partial charge is 0.00682 e. The van der Waals surface area contributed by atoms with Crippen LogP contribution in [0.3, 0.4) is 0 Å². The molecule has 2 rings (SSSR count). The zero-order chi connectivity index (χ0) is 6.81. The number of fused-ring (bicyclic) bond motifs is 1. The molecule has 0 radical (unpaired) electrons. The van der Waals surface area contributed by atoms with Crippen LogP contribution in [0.2, 0.25) is 0 Å². The van der Waals surface area contributed by atoms with E-state index in [0.29, 0.717) is 0 Å². The molecule has 58 valence electrons. The van der Waals surface area contributed by atoms with E-state index in [2.05, 4.69) is 21.6 Å². The fourth-order valence-corrected chi connectivity index (χ4v) is 5.04. The first-order chi connectivity index (χ1) is 4.97. The molecule has 2 heteroatoms. The van der Waals surface area contributed by atoms with Crippen molar-refractivity contribution in [1.82, 2.24) is 0 Å². The van der Waals surface area contributed by atoms with Crippen LogP contribution in [-0.4, -0.2) is 11.5 Å². The summed E-state index contributed by atoms with van der Waals surface area (Å²) in [6, 6.07) is 0. The predicted molar refractivity (Wildman–Crippen MR) is 50.4 cm³/mol. The molecule has 0 aromatic rings. The van der Waals surface area contributed by atoms with E-state index in [-0.39, 0.29) is 0 Å². The van der Waals surface area contributed by atoms with Crippen LogP contribution in [0.15, 0.2) is 0 Å². The second-order valence-electron chi connectivity index (χ2n) is 3.37. The van der Waals surface area contributed by atoms with Crippen molar-refractivity contribution in [1.29, 1.82) is 0 Å². The summed E-state index contributed by atoms with van der Waals surface area (Å²) in [6.45, 7) is 0. The maximum Gasteiger partial charge on any atom is 0.00682 e. The van der Waals surface area contributed by atoms with Crippen LogP contribution in [-0.2, 0) is 0 Å². The molecular formula is C8H14S2. The van der Waals surface area contributed by atoms with Crippen LogP contribution in [0.4, 0.5) is 0 Å². The first-order valence-corrected chi connectivity index (χ1v) is 6.70. The van der Waals surface area contributed by atoms with Crippen LogP contribution in [0.1, 0.15) is 25.7 Å². The average molecular weight is 174 g/mol. The van der Waals surface area contributed by atoms with Crippen molar-refractivity contribution in [3.05, 3.63) is 0 Å². The van der Waals surface area contributed by atoms with Crippen molar-refractivity contribution in [3.8, 4) is 0 Å². The molecule has 1 aliphatic heterocycles. The molecule has 0 aromatic carbocycles. The van der Waals surface area contributed by atoms with Gasteiger partial charge in [0.25, 0.3) is 0 Å². The second kappa shape index (κ2) is 3.40. The van der Waals surface area contributed by atoms with Crippen molar-refractivity contribution < 1.29 is 0 Å². The van der Waals surface area contributed by atoms with Crippen LogP contribution >= 0.6 is 21.6 Å². The highest BCUT2D eigenvalue weighted by atomic mass is 33.1. The van der Waals surface area contributed by atoms with Gasteiger partial charge in [-0.25, -0.2) is 0 Å². The molecule has 0 bridgehead atoms. The van der Waals surface area contributed by atoms with Gasteiger partial charge in [-0.15, -0.1) is 0 Å². The van der Waals surface area contributed by atoms with E-state index in [1.807, 2.05) is 0 Å². The minimum Gasteiger partial charge on any atom is -0.0938 e. The summed E-state index contributed by atoms with van der Waals surface area (Å²) >= 11 is 0. The lowest BCUT2D eigenvalue weighted by atomic mass is 9.81. The quantitative estimate of drug-likeness (QED) is 0.517. The molecule has 2 fully saturated rings. The Hall–Kier alpha value is 0.700. The van der Waals surface area contributed by atoms with Crippen LogP contribution in [0.5, 0.6) is 0 Å². The molecule has 1 aliphatic carbocycles. The maximum atomic E-state index is 2.10. The lowest BCUT2D eigenvalue weighted by molar-refractivity contribution is 0.286. The summed E-state index contributed by atoms with van der Waals surface area (Å²) in [5, 5.41) is 0. The first-order valence-electron chi connectivity index (χ1n) is 4.21. The van der Waals surface area contributed by atoms with Crippen molar-refractivity contribution in [2.75, 3.05) is 11.5 Å². The molecule has 0 spiro atoms. The molecule has 0 N–H and O–H groups in total. The van der Waals surface area contributed by atoms with Crippen molar-refractivity contribution in [3.63, 3.8) is 0 Å². The highest BCUT2D eigenvalue weighted by Gasteiger charge is 2.27. The lowest BCUT2D eigenvalue weighted by Crippen LogP contribution is -2.25. The predicted octanol–water partition coefficient (Wildman–Crippen LogP) is 3.19. The van der Waals surface area contributed by atoms with E-state index in [1.165, 1.54) is 37.2 Å². The van der Waals surface area contributed by atoms with Gasteiger partial charge in [0.05, 0.1) is 0 Å². The molecule has 2 atom stereocenters. The molecule has 0 amide bonds. The van der Waals surface area contributed by atoms with E-state index < -0.39 is 0 Å². The third-order valence-corrected chi connectivity index (χ3v) is 5.33. The van der Waals surface area contributed by atoms with Crippen molar-refractivity contribution >= 4 is 21.6 Å². The van der Waals surface area contributed by atoms with Gasteiger partial charge >= 0.3 is 0 Å². The first kappa shape index (κ1) is 7.35. The zero-order valence-electron chi connectivity index (χ0n) is 6.21. The number of rotatable bonds is 0. The van der Waals surface area contributed by atoms with Gasteiger partial charge in [-0.05, 0) is 24.7 Å². The minimum atomic E-state index is 1.10. The minimum absolute atomic E-state index is 1.10. The molecular weight excluding hydrogens is 160 g/mol. The van der Waals surface area contributed by atoms with E-state index in [4.69, 9.17) is 0 Å². The lowest BCUT2D eigenvalue weighted by Gasteiger charge is -2.34. The van der Waals surface area contributed by atoms with E-state index in [9.17, 15) is 0 Å². The van der Waals surface area contributed by atoms with Gasteiger partial charge in [0.2, 0.25) is 0 Å². The van der Waals surface area contributed by atoms with Crippen molar-refractivity contribution in [2.24, 2.45) is 11.8 Å². The molecule has 0 unspecified atom stereocenters. The summed E-state index contributed by atoms with van der Waals surface area (Å²) in [5.41, 5.74) is 0. The SMILES string of the molecule is C1CC[C@@H]2CSSC[C@H]2C1. The zero-order valence-corrected chi connectivity index (χ0v) is 7.85. The van der Waals surface area contributed by atoms with Crippen LogP contribution in [0.25, 0.3) is 0 Å². The Kier molecular flexibility index (Phi) is 2.50. The molecule has 10 heavy (non-hydrogen) atoms. The summed E-state index contributed by atoms with van der Waals surface area (Å²) in [4.78, 5) is 0. The van der Waals surface area contributed by atoms with Gasteiger partial charge in [-0.2, -0.15) is 0 Å². The molecule has 0 nitrogen and oxygen atoms in total. The standard InChI is InChI=1S/C8H14S2/c1-2-4-8-6-10-9-5-7(8)3-1/h7-8H,1-6H2/t7-,8-/m1/s1. The Bertz CT molecular complexity index is 87.8. The Balaban J connectivity index is 1.93. The molecule has 1 saturated carbocycles.